The van der Waals surface area contributed by atoms with Crippen LogP contribution in [0, 0.1) is 5.92 Å². The molecule has 0 spiro atoms. The topological polar surface area (TPSA) is 64.0 Å². The minimum atomic E-state index is 0.0493. The number of thiophene rings is 1. The number of carbonyl (C=O) groups excluding carboxylic acids is 1. The Labute approximate surface area is 174 Å². The summed E-state index contributed by atoms with van der Waals surface area (Å²) in [6.07, 6.45) is 9.01. The zero-order valence-corrected chi connectivity index (χ0v) is 18.4. The summed E-state index contributed by atoms with van der Waals surface area (Å²) < 4.78 is 1.74. The molecular weight excluding hydrogens is 390 g/mol. The summed E-state index contributed by atoms with van der Waals surface area (Å²) in [7, 11) is 0. The van der Waals surface area contributed by atoms with Crippen molar-refractivity contribution in [3.63, 3.8) is 0 Å². The largest absolute Gasteiger partial charge is 0.353 e. The highest BCUT2D eigenvalue weighted by Gasteiger charge is 2.25. The molecule has 1 saturated carbocycles. The number of amides is 1. The molecule has 0 aliphatic heterocycles. The molecule has 2 aliphatic rings. The fourth-order valence-electron chi connectivity index (χ4n) is 4.44. The predicted octanol–water partition coefficient (Wildman–Crippen LogP) is 4.14. The van der Waals surface area contributed by atoms with Gasteiger partial charge in [-0.05, 0) is 50.5 Å². The molecule has 0 aromatic carbocycles. The molecule has 28 heavy (non-hydrogen) atoms. The van der Waals surface area contributed by atoms with Crippen LogP contribution >= 0.6 is 23.1 Å². The van der Waals surface area contributed by atoms with Crippen LogP contribution < -0.4 is 10.9 Å². The van der Waals surface area contributed by atoms with Gasteiger partial charge in [-0.25, -0.2) is 4.98 Å². The summed E-state index contributed by atoms with van der Waals surface area (Å²) >= 11 is 3.07. The Kier molecular flexibility index (Phi) is 6.11. The van der Waals surface area contributed by atoms with Gasteiger partial charge in [-0.1, -0.05) is 37.9 Å². The molecule has 5 nitrogen and oxygen atoms in total. The van der Waals surface area contributed by atoms with Crippen LogP contribution in [0.5, 0.6) is 0 Å². The van der Waals surface area contributed by atoms with Crippen molar-refractivity contribution in [1.82, 2.24) is 14.9 Å². The first-order valence-corrected chi connectivity index (χ1v) is 12.3. The first kappa shape index (κ1) is 20.0. The number of rotatable bonds is 5. The van der Waals surface area contributed by atoms with Crippen LogP contribution in [-0.2, 0) is 24.2 Å². The molecule has 0 bridgehead atoms. The van der Waals surface area contributed by atoms with Gasteiger partial charge in [0.05, 0.1) is 11.1 Å². The van der Waals surface area contributed by atoms with Crippen molar-refractivity contribution in [3.8, 4) is 0 Å². The average molecular weight is 420 g/mol. The second-order valence-electron chi connectivity index (χ2n) is 8.17. The van der Waals surface area contributed by atoms with E-state index in [1.165, 1.54) is 41.5 Å². The van der Waals surface area contributed by atoms with E-state index in [0.717, 1.165) is 42.3 Å². The third-order valence-corrected chi connectivity index (χ3v) is 8.12. The number of nitrogens with zero attached hydrogens (tertiary/aromatic N) is 2. The number of nitrogens with one attached hydrogen (secondary N) is 1. The van der Waals surface area contributed by atoms with Crippen molar-refractivity contribution in [2.24, 2.45) is 5.92 Å². The fraction of sp³-hybridized carbons (Fsp3) is 0.667. The van der Waals surface area contributed by atoms with Crippen LogP contribution in [0.15, 0.2) is 9.95 Å². The summed E-state index contributed by atoms with van der Waals surface area (Å²) in [5.41, 5.74) is 1.29. The van der Waals surface area contributed by atoms with E-state index in [1.54, 1.807) is 15.9 Å². The van der Waals surface area contributed by atoms with Crippen molar-refractivity contribution >= 4 is 39.2 Å². The van der Waals surface area contributed by atoms with Gasteiger partial charge in [-0.2, -0.15) is 0 Å². The molecule has 1 amide bonds. The number of hydrogen-bond donors (Lipinski definition) is 1. The number of carbonyl (C=O) groups is 1. The molecule has 2 aromatic heterocycles. The third-order valence-electron chi connectivity index (χ3n) is 6.00. The van der Waals surface area contributed by atoms with Crippen LogP contribution in [0.2, 0.25) is 0 Å². The Morgan fingerprint density at radius 1 is 1.29 bits per heavy atom. The summed E-state index contributed by atoms with van der Waals surface area (Å²) in [4.78, 5) is 32.6. The molecule has 4 rings (SSSR count). The van der Waals surface area contributed by atoms with E-state index < -0.39 is 0 Å². The van der Waals surface area contributed by atoms with E-state index in [4.69, 9.17) is 4.98 Å². The van der Waals surface area contributed by atoms with Crippen LogP contribution in [0.1, 0.15) is 62.8 Å². The molecule has 1 fully saturated rings. The van der Waals surface area contributed by atoms with Gasteiger partial charge >= 0.3 is 0 Å². The van der Waals surface area contributed by atoms with Crippen molar-refractivity contribution < 1.29 is 4.79 Å². The van der Waals surface area contributed by atoms with Crippen LogP contribution in [0.25, 0.3) is 10.2 Å². The minimum absolute atomic E-state index is 0.0493. The summed E-state index contributed by atoms with van der Waals surface area (Å²) in [6.45, 7) is 4.83. The van der Waals surface area contributed by atoms with Gasteiger partial charge < -0.3 is 5.32 Å². The first-order valence-electron chi connectivity index (χ1n) is 10.5. The molecule has 1 unspecified atom stereocenters. The maximum absolute atomic E-state index is 13.2. The van der Waals surface area contributed by atoms with Crippen molar-refractivity contribution in [2.75, 3.05) is 5.75 Å². The van der Waals surface area contributed by atoms with Gasteiger partial charge in [-0.3, -0.25) is 14.2 Å². The predicted molar refractivity (Wildman–Crippen MR) is 116 cm³/mol. The molecule has 2 heterocycles. The zero-order chi connectivity index (χ0) is 19.7. The van der Waals surface area contributed by atoms with Crippen molar-refractivity contribution in [2.45, 2.75) is 83.0 Å². The zero-order valence-electron chi connectivity index (χ0n) is 16.8. The molecular formula is C21H29N3O2S2. The van der Waals surface area contributed by atoms with Gasteiger partial charge in [0, 0.05) is 17.5 Å². The maximum Gasteiger partial charge on any atom is 0.263 e. The lowest BCUT2D eigenvalue weighted by Crippen LogP contribution is -2.37. The lowest BCUT2D eigenvalue weighted by molar-refractivity contribution is -0.119. The van der Waals surface area contributed by atoms with E-state index in [2.05, 4.69) is 12.2 Å². The quantitative estimate of drug-likeness (QED) is 0.584. The monoisotopic (exact) mass is 419 g/mol. The fourth-order valence-corrected chi connectivity index (χ4v) is 6.74. The molecule has 7 heteroatoms. The van der Waals surface area contributed by atoms with Crippen molar-refractivity contribution in [3.05, 3.63) is 20.8 Å². The molecule has 0 radical (unpaired) electrons. The smallest absolute Gasteiger partial charge is 0.263 e. The summed E-state index contributed by atoms with van der Waals surface area (Å²) in [6, 6.07) is 0.316. The standard InChI is InChI=1S/C21H29N3O2S2/c1-3-24-20(26)18-15-10-9-13(2)11-16(15)28-19(18)23-21(24)27-12-17(25)22-14-7-5-4-6-8-14/h13-14H,3-12H2,1-2H3,(H,22,25). The number of aryl methyl sites for hydroxylation is 1. The lowest BCUT2D eigenvalue weighted by atomic mass is 9.89. The van der Waals surface area contributed by atoms with Gasteiger partial charge in [-0.15, -0.1) is 11.3 Å². The van der Waals surface area contributed by atoms with Gasteiger partial charge in [0.15, 0.2) is 5.16 Å². The van der Waals surface area contributed by atoms with E-state index >= 15 is 0 Å². The molecule has 1 atom stereocenters. The normalized spacial score (nSPS) is 20.3. The Morgan fingerprint density at radius 3 is 2.82 bits per heavy atom. The number of fused-ring (bicyclic) bond motifs is 3. The Balaban J connectivity index is 1.55. The van der Waals surface area contributed by atoms with Gasteiger partial charge in [0.25, 0.3) is 5.56 Å². The SMILES string of the molecule is CCn1c(SCC(=O)NC2CCCCC2)nc2sc3c(c2c1=O)CCC(C)C3. The van der Waals surface area contributed by atoms with Crippen LogP contribution in [0.4, 0.5) is 0 Å². The van der Waals surface area contributed by atoms with Crippen LogP contribution in [0.3, 0.4) is 0 Å². The minimum Gasteiger partial charge on any atom is -0.353 e. The summed E-state index contributed by atoms with van der Waals surface area (Å²) in [5, 5.41) is 4.65. The Hall–Kier alpha value is -1.34. The molecule has 2 aromatic rings. The second kappa shape index (κ2) is 8.57. The molecule has 1 N–H and O–H groups in total. The highest BCUT2D eigenvalue weighted by molar-refractivity contribution is 7.99. The van der Waals surface area contributed by atoms with Gasteiger partial charge in [0.2, 0.25) is 5.91 Å². The first-order chi connectivity index (χ1) is 13.6. The highest BCUT2D eigenvalue weighted by Crippen LogP contribution is 2.36. The Morgan fingerprint density at radius 2 is 2.07 bits per heavy atom. The number of aromatic nitrogens is 2. The molecule has 0 saturated heterocycles. The second-order valence-corrected chi connectivity index (χ2v) is 10.2. The van der Waals surface area contributed by atoms with Crippen molar-refractivity contribution in [1.29, 1.82) is 0 Å². The number of thioether (sulfide) groups is 1. The third kappa shape index (κ3) is 4.01. The maximum atomic E-state index is 13.2. The summed E-state index contributed by atoms with van der Waals surface area (Å²) in [5.74, 6) is 1.04. The average Bonchev–Trinajstić information content (AvgIpc) is 3.04. The van der Waals surface area contributed by atoms with E-state index in [0.29, 0.717) is 29.4 Å². The highest BCUT2D eigenvalue weighted by atomic mass is 32.2. The van der Waals surface area contributed by atoms with E-state index in [9.17, 15) is 9.59 Å². The number of hydrogen-bond acceptors (Lipinski definition) is 5. The van der Waals surface area contributed by atoms with Gasteiger partial charge in [0.1, 0.15) is 4.83 Å². The lowest BCUT2D eigenvalue weighted by Gasteiger charge is -2.22. The molecule has 2 aliphatic carbocycles. The van der Waals surface area contributed by atoms with Crippen LogP contribution in [-0.4, -0.2) is 27.3 Å². The van der Waals surface area contributed by atoms with E-state index in [-0.39, 0.29) is 11.5 Å². The molecule has 152 valence electrons. The Bertz CT molecular complexity index is 928. The van der Waals surface area contributed by atoms with E-state index in [1.807, 2.05) is 6.92 Å².